The summed E-state index contributed by atoms with van der Waals surface area (Å²) >= 11 is 1.76. The van der Waals surface area contributed by atoms with Gasteiger partial charge in [-0.05, 0) is 37.3 Å². The average Bonchev–Trinajstić information content (AvgIpc) is 3.12. The van der Waals surface area contributed by atoms with Gasteiger partial charge in [-0.2, -0.15) is 0 Å². The molecule has 1 saturated carbocycles. The number of phenolic OH excluding ortho intramolecular Hbond substituents is 1. The number of anilines is 1. The smallest absolute Gasteiger partial charge is 0.123 e. The van der Waals surface area contributed by atoms with Crippen LogP contribution in [0.3, 0.4) is 0 Å². The number of hydrogen-bond acceptors (Lipinski definition) is 4. The molecule has 1 fully saturated rings. The van der Waals surface area contributed by atoms with Gasteiger partial charge in [0.25, 0.3) is 0 Å². The zero-order valence-electron chi connectivity index (χ0n) is 11.5. The first kappa shape index (κ1) is 13.5. The van der Waals surface area contributed by atoms with Crippen LogP contribution in [0.4, 0.5) is 5.69 Å². The van der Waals surface area contributed by atoms with Gasteiger partial charge in [-0.1, -0.05) is 12.1 Å². The molecule has 106 valence electrons. The summed E-state index contributed by atoms with van der Waals surface area (Å²) in [6, 6.07) is 10.4. The first-order valence-corrected chi connectivity index (χ1v) is 7.83. The van der Waals surface area contributed by atoms with Crippen molar-refractivity contribution in [3.05, 3.63) is 46.2 Å². The molecule has 1 aromatic heterocycles. The summed E-state index contributed by atoms with van der Waals surface area (Å²) in [6.45, 7) is 2.55. The Hall–Kier alpha value is -1.52. The third kappa shape index (κ3) is 2.81. The second-order valence-corrected chi connectivity index (χ2v) is 6.39. The van der Waals surface area contributed by atoms with Gasteiger partial charge in [-0.3, -0.25) is 0 Å². The number of hydrogen-bond donors (Lipinski definition) is 2. The van der Waals surface area contributed by atoms with E-state index in [9.17, 15) is 10.2 Å². The lowest BCUT2D eigenvalue weighted by molar-refractivity contribution is 0.195. The number of benzene rings is 1. The van der Waals surface area contributed by atoms with Gasteiger partial charge in [0.15, 0.2) is 0 Å². The van der Waals surface area contributed by atoms with Crippen LogP contribution in [-0.2, 0) is 6.54 Å². The van der Waals surface area contributed by atoms with E-state index in [0.29, 0.717) is 11.6 Å². The fourth-order valence-corrected chi connectivity index (χ4v) is 3.15. The summed E-state index contributed by atoms with van der Waals surface area (Å²) in [6.07, 6.45) is 1.78. The van der Waals surface area contributed by atoms with E-state index in [1.165, 1.54) is 17.7 Å². The highest BCUT2D eigenvalue weighted by Gasteiger charge is 2.30. The first-order chi connectivity index (χ1) is 9.65. The van der Waals surface area contributed by atoms with E-state index in [2.05, 4.69) is 22.4 Å². The normalized spacial score (nSPS) is 16.1. The lowest BCUT2D eigenvalue weighted by Gasteiger charge is -2.25. The van der Waals surface area contributed by atoms with Crippen molar-refractivity contribution in [2.24, 2.45) is 0 Å². The molecule has 3 nitrogen and oxygen atoms in total. The van der Waals surface area contributed by atoms with Crippen LogP contribution >= 0.6 is 11.3 Å². The zero-order valence-corrected chi connectivity index (χ0v) is 12.3. The van der Waals surface area contributed by atoms with Crippen LogP contribution in [0.2, 0.25) is 0 Å². The Morgan fingerprint density at radius 3 is 2.70 bits per heavy atom. The lowest BCUT2D eigenvalue weighted by atomic mass is 10.1. The van der Waals surface area contributed by atoms with Gasteiger partial charge < -0.3 is 15.1 Å². The third-order valence-electron chi connectivity index (χ3n) is 3.69. The molecule has 1 aromatic carbocycles. The highest BCUT2D eigenvalue weighted by molar-refractivity contribution is 7.09. The molecule has 2 aromatic rings. The fourth-order valence-electron chi connectivity index (χ4n) is 2.45. The highest BCUT2D eigenvalue weighted by Crippen LogP contribution is 2.36. The Kier molecular flexibility index (Phi) is 3.68. The van der Waals surface area contributed by atoms with Crippen LogP contribution in [0, 0.1) is 0 Å². The quantitative estimate of drug-likeness (QED) is 0.882. The summed E-state index contributed by atoms with van der Waals surface area (Å²) in [7, 11) is 0. The minimum absolute atomic E-state index is 0.175. The third-order valence-corrected chi connectivity index (χ3v) is 4.55. The van der Waals surface area contributed by atoms with Crippen molar-refractivity contribution in [2.75, 3.05) is 4.90 Å². The predicted octanol–water partition coefficient (Wildman–Crippen LogP) is 3.68. The summed E-state index contributed by atoms with van der Waals surface area (Å²) in [5.41, 5.74) is 1.61. The van der Waals surface area contributed by atoms with Gasteiger partial charge in [0, 0.05) is 28.2 Å². The summed E-state index contributed by atoms with van der Waals surface area (Å²) in [5, 5.41) is 21.7. The Morgan fingerprint density at radius 1 is 1.35 bits per heavy atom. The average molecular weight is 289 g/mol. The molecule has 0 spiro atoms. The summed E-state index contributed by atoms with van der Waals surface area (Å²) in [4.78, 5) is 3.67. The molecule has 0 radical (unpaired) electrons. The zero-order chi connectivity index (χ0) is 14.1. The van der Waals surface area contributed by atoms with E-state index in [0.717, 1.165) is 12.2 Å². The first-order valence-electron chi connectivity index (χ1n) is 6.95. The Labute approximate surface area is 123 Å². The van der Waals surface area contributed by atoms with Crippen LogP contribution < -0.4 is 4.90 Å². The van der Waals surface area contributed by atoms with Crippen LogP contribution in [0.25, 0.3) is 0 Å². The molecule has 0 amide bonds. The Morgan fingerprint density at radius 2 is 2.15 bits per heavy atom. The maximum absolute atomic E-state index is 10.1. The minimum atomic E-state index is -0.643. The van der Waals surface area contributed by atoms with Crippen molar-refractivity contribution in [3.8, 4) is 5.75 Å². The van der Waals surface area contributed by atoms with E-state index in [4.69, 9.17) is 0 Å². The Bertz CT molecular complexity index is 576. The maximum Gasteiger partial charge on any atom is 0.123 e. The van der Waals surface area contributed by atoms with Crippen molar-refractivity contribution in [1.29, 1.82) is 0 Å². The standard InChI is InChI=1S/C16H19NO2S/c1-11(18)15-7-6-13(9-16(15)19)17(12-4-5-12)10-14-3-2-8-20-14/h2-3,6-9,11-12,18-19H,4-5,10H2,1H3. The van der Waals surface area contributed by atoms with Crippen LogP contribution in [-0.4, -0.2) is 16.3 Å². The van der Waals surface area contributed by atoms with Gasteiger partial charge in [-0.25, -0.2) is 0 Å². The van der Waals surface area contributed by atoms with Gasteiger partial charge in [0.2, 0.25) is 0 Å². The number of rotatable bonds is 5. The van der Waals surface area contributed by atoms with Crippen molar-refractivity contribution in [3.63, 3.8) is 0 Å². The second-order valence-electron chi connectivity index (χ2n) is 5.36. The Balaban J connectivity index is 1.86. The number of nitrogens with zero attached hydrogens (tertiary/aromatic N) is 1. The van der Waals surface area contributed by atoms with E-state index in [-0.39, 0.29) is 5.75 Å². The molecule has 1 aliphatic rings. The largest absolute Gasteiger partial charge is 0.507 e. The number of aliphatic hydroxyl groups excluding tert-OH is 1. The molecule has 1 heterocycles. The molecule has 4 heteroatoms. The van der Waals surface area contributed by atoms with E-state index in [1.54, 1.807) is 24.3 Å². The lowest BCUT2D eigenvalue weighted by Crippen LogP contribution is -2.24. The summed E-state index contributed by atoms with van der Waals surface area (Å²) < 4.78 is 0. The monoisotopic (exact) mass is 289 g/mol. The second kappa shape index (κ2) is 5.46. The topological polar surface area (TPSA) is 43.7 Å². The van der Waals surface area contributed by atoms with Crippen molar-refractivity contribution in [2.45, 2.75) is 38.5 Å². The summed E-state index contributed by atoms with van der Waals surface area (Å²) in [5.74, 6) is 0.175. The molecule has 20 heavy (non-hydrogen) atoms. The van der Waals surface area contributed by atoms with E-state index >= 15 is 0 Å². The molecular formula is C16H19NO2S. The number of aromatic hydroxyl groups is 1. The van der Waals surface area contributed by atoms with Crippen LogP contribution in [0.15, 0.2) is 35.7 Å². The van der Waals surface area contributed by atoms with Gasteiger partial charge in [-0.15, -0.1) is 11.3 Å². The van der Waals surface area contributed by atoms with E-state index in [1.807, 2.05) is 12.1 Å². The molecule has 0 bridgehead atoms. The fraction of sp³-hybridized carbons (Fsp3) is 0.375. The van der Waals surface area contributed by atoms with Crippen LogP contribution in [0.1, 0.15) is 36.3 Å². The molecule has 1 aliphatic carbocycles. The van der Waals surface area contributed by atoms with Crippen LogP contribution in [0.5, 0.6) is 5.75 Å². The number of phenols is 1. The predicted molar refractivity (Wildman–Crippen MR) is 82.3 cm³/mol. The number of thiophene rings is 1. The molecule has 3 rings (SSSR count). The van der Waals surface area contributed by atoms with Crippen molar-refractivity contribution < 1.29 is 10.2 Å². The molecule has 1 unspecified atom stereocenters. The maximum atomic E-state index is 10.1. The highest BCUT2D eigenvalue weighted by atomic mass is 32.1. The van der Waals surface area contributed by atoms with Crippen molar-refractivity contribution in [1.82, 2.24) is 0 Å². The molecular weight excluding hydrogens is 270 g/mol. The minimum Gasteiger partial charge on any atom is -0.507 e. The molecule has 1 atom stereocenters. The molecule has 0 saturated heterocycles. The van der Waals surface area contributed by atoms with Gasteiger partial charge >= 0.3 is 0 Å². The van der Waals surface area contributed by atoms with Gasteiger partial charge in [0.1, 0.15) is 5.75 Å². The molecule has 2 N–H and O–H groups in total. The van der Waals surface area contributed by atoms with Crippen molar-refractivity contribution >= 4 is 17.0 Å². The van der Waals surface area contributed by atoms with Gasteiger partial charge in [0.05, 0.1) is 12.6 Å². The van der Waals surface area contributed by atoms with E-state index < -0.39 is 6.10 Å². The molecule has 0 aliphatic heterocycles. The number of aliphatic hydroxyl groups is 1. The SMILES string of the molecule is CC(O)c1ccc(N(Cc2cccs2)C2CC2)cc1O.